The molecule has 0 aromatic carbocycles. The molecule has 0 aliphatic carbocycles. The molecule has 2 aromatic heterocycles. The molecule has 2 aromatic rings. The average molecular weight is 478 g/mol. The van der Waals surface area contributed by atoms with Crippen LogP contribution in [0.3, 0.4) is 0 Å². The Kier molecular flexibility index (Phi) is 8.80. The first-order valence-corrected chi connectivity index (χ1v) is 8.93. The molecule has 0 aliphatic rings. The van der Waals surface area contributed by atoms with Crippen LogP contribution >= 0.6 is 35.3 Å². The quantitative estimate of drug-likeness (QED) is 0.322. The molecule has 0 amide bonds. The minimum Gasteiger partial charge on any atom is -0.383 e. The van der Waals surface area contributed by atoms with Crippen LogP contribution in [-0.2, 0) is 25.6 Å². The van der Waals surface area contributed by atoms with E-state index in [9.17, 15) is 5.11 Å². The van der Waals surface area contributed by atoms with Gasteiger partial charge < -0.3 is 15.7 Å². The largest absolute Gasteiger partial charge is 0.383 e. The summed E-state index contributed by atoms with van der Waals surface area (Å²) >= 11 is 1.68. The molecule has 25 heavy (non-hydrogen) atoms. The van der Waals surface area contributed by atoms with E-state index in [1.807, 2.05) is 26.4 Å². The SMILES string of the molecule is CCNC(=NCc1ncc(CC)s1)NCC(C)(O)c1cnn(C)c1.I. The molecule has 0 bridgehead atoms. The van der Waals surface area contributed by atoms with Gasteiger partial charge in [-0.15, -0.1) is 35.3 Å². The smallest absolute Gasteiger partial charge is 0.191 e. The van der Waals surface area contributed by atoms with E-state index in [1.165, 1.54) is 4.88 Å². The molecule has 0 spiro atoms. The zero-order valence-corrected chi connectivity index (χ0v) is 18.3. The van der Waals surface area contributed by atoms with Crippen LogP contribution in [0.1, 0.15) is 36.2 Å². The van der Waals surface area contributed by atoms with Crippen LogP contribution in [-0.4, -0.2) is 38.9 Å². The van der Waals surface area contributed by atoms with Gasteiger partial charge in [0.15, 0.2) is 5.96 Å². The highest BCUT2D eigenvalue weighted by Crippen LogP contribution is 2.18. The van der Waals surface area contributed by atoms with Crippen LogP contribution in [0.15, 0.2) is 23.6 Å². The average Bonchev–Trinajstić information content (AvgIpc) is 3.19. The van der Waals surface area contributed by atoms with Gasteiger partial charge in [-0.2, -0.15) is 5.10 Å². The number of hydrogen-bond donors (Lipinski definition) is 3. The Morgan fingerprint density at radius 1 is 1.36 bits per heavy atom. The van der Waals surface area contributed by atoms with Crippen molar-refractivity contribution in [2.24, 2.45) is 12.0 Å². The van der Waals surface area contributed by atoms with Gasteiger partial charge in [0, 0.05) is 36.4 Å². The highest BCUT2D eigenvalue weighted by molar-refractivity contribution is 14.0. The predicted molar refractivity (Wildman–Crippen MR) is 113 cm³/mol. The standard InChI is InChI=1S/C16H26N6OS.HI/c1-5-13-8-18-14(24-13)9-19-15(17-6-2)20-11-16(3,23)12-7-21-22(4)10-12;/h7-8,10,23H,5-6,9,11H2,1-4H3,(H2,17,19,20);1H. The Morgan fingerprint density at radius 2 is 2.12 bits per heavy atom. The fourth-order valence-corrected chi connectivity index (χ4v) is 2.92. The van der Waals surface area contributed by atoms with Crippen molar-refractivity contribution in [3.05, 3.63) is 34.0 Å². The molecule has 0 fully saturated rings. The summed E-state index contributed by atoms with van der Waals surface area (Å²) in [5.41, 5.74) is -0.262. The number of nitrogens with zero attached hydrogens (tertiary/aromatic N) is 4. The van der Waals surface area contributed by atoms with E-state index in [0.29, 0.717) is 19.0 Å². The van der Waals surface area contributed by atoms with Gasteiger partial charge in [-0.1, -0.05) is 6.92 Å². The van der Waals surface area contributed by atoms with Gasteiger partial charge in [-0.25, -0.2) is 9.98 Å². The first kappa shape index (κ1) is 21.8. The molecule has 2 heterocycles. The number of rotatable bonds is 7. The molecule has 1 atom stereocenters. The molecule has 0 saturated carbocycles. The second-order valence-corrected chi connectivity index (χ2v) is 7.00. The Hall–Kier alpha value is -1.20. The minimum absolute atomic E-state index is 0. The molecule has 0 radical (unpaired) electrons. The van der Waals surface area contributed by atoms with E-state index in [4.69, 9.17) is 0 Å². The highest BCUT2D eigenvalue weighted by atomic mass is 127. The van der Waals surface area contributed by atoms with Crippen molar-refractivity contribution < 1.29 is 5.11 Å². The van der Waals surface area contributed by atoms with E-state index >= 15 is 0 Å². The van der Waals surface area contributed by atoms with E-state index in [0.717, 1.165) is 23.5 Å². The summed E-state index contributed by atoms with van der Waals surface area (Å²) in [5.74, 6) is 0.662. The zero-order valence-electron chi connectivity index (χ0n) is 15.1. The van der Waals surface area contributed by atoms with Crippen LogP contribution in [0.2, 0.25) is 0 Å². The van der Waals surface area contributed by atoms with Crippen molar-refractivity contribution in [1.29, 1.82) is 0 Å². The lowest BCUT2D eigenvalue weighted by Gasteiger charge is -2.23. The third-order valence-electron chi connectivity index (χ3n) is 3.59. The van der Waals surface area contributed by atoms with Crippen LogP contribution < -0.4 is 10.6 Å². The summed E-state index contributed by atoms with van der Waals surface area (Å²) in [5, 5.41) is 22.1. The number of guanidine groups is 1. The zero-order chi connectivity index (χ0) is 17.6. The molecule has 0 saturated heterocycles. The maximum absolute atomic E-state index is 10.6. The summed E-state index contributed by atoms with van der Waals surface area (Å²) in [6.45, 7) is 7.49. The maximum atomic E-state index is 10.6. The number of nitrogens with one attached hydrogen (secondary N) is 2. The summed E-state index contributed by atoms with van der Waals surface area (Å²) in [7, 11) is 1.83. The van der Waals surface area contributed by atoms with Crippen LogP contribution in [0.25, 0.3) is 0 Å². The van der Waals surface area contributed by atoms with Gasteiger partial charge in [0.2, 0.25) is 0 Å². The number of aliphatic imine (C=N–C) groups is 1. The molecular formula is C16H27IN6OS. The van der Waals surface area contributed by atoms with Crippen molar-refractivity contribution in [2.75, 3.05) is 13.1 Å². The molecule has 2 rings (SSSR count). The van der Waals surface area contributed by atoms with Gasteiger partial charge in [0.25, 0.3) is 0 Å². The summed E-state index contributed by atoms with van der Waals surface area (Å²) < 4.78 is 1.68. The Bertz CT molecular complexity index is 682. The Morgan fingerprint density at radius 3 is 2.68 bits per heavy atom. The number of halogens is 1. The number of aryl methyl sites for hydroxylation is 2. The monoisotopic (exact) mass is 478 g/mol. The van der Waals surface area contributed by atoms with E-state index in [2.05, 4.69) is 32.6 Å². The Balaban J connectivity index is 0.00000312. The normalized spacial score (nSPS) is 13.9. The lowest BCUT2D eigenvalue weighted by atomic mass is 10.00. The molecular weight excluding hydrogens is 451 g/mol. The maximum Gasteiger partial charge on any atom is 0.191 e. The molecule has 9 heteroatoms. The van der Waals surface area contributed by atoms with Crippen molar-refractivity contribution in [3.8, 4) is 0 Å². The fraction of sp³-hybridized carbons (Fsp3) is 0.562. The number of aliphatic hydroxyl groups is 1. The third-order valence-corrected chi connectivity index (χ3v) is 4.72. The van der Waals surface area contributed by atoms with Crippen molar-refractivity contribution in [3.63, 3.8) is 0 Å². The lowest BCUT2D eigenvalue weighted by molar-refractivity contribution is 0.0616. The number of hydrogen-bond acceptors (Lipinski definition) is 5. The second-order valence-electron chi connectivity index (χ2n) is 5.80. The predicted octanol–water partition coefficient (Wildman–Crippen LogP) is 2.02. The second kappa shape index (κ2) is 10.1. The first-order chi connectivity index (χ1) is 11.4. The summed E-state index contributed by atoms with van der Waals surface area (Å²) in [6, 6.07) is 0. The summed E-state index contributed by atoms with van der Waals surface area (Å²) in [6.07, 6.45) is 6.39. The van der Waals surface area contributed by atoms with Gasteiger partial charge in [-0.3, -0.25) is 4.68 Å². The number of thiazole rings is 1. The number of aromatic nitrogens is 3. The molecule has 140 valence electrons. The van der Waals surface area contributed by atoms with Gasteiger partial charge in [0.1, 0.15) is 10.6 Å². The first-order valence-electron chi connectivity index (χ1n) is 8.12. The van der Waals surface area contributed by atoms with Crippen LogP contribution in [0.5, 0.6) is 0 Å². The molecule has 3 N–H and O–H groups in total. The third kappa shape index (κ3) is 6.55. The summed E-state index contributed by atoms with van der Waals surface area (Å²) in [4.78, 5) is 10.2. The van der Waals surface area contributed by atoms with Crippen molar-refractivity contribution >= 4 is 41.3 Å². The van der Waals surface area contributed by atoms with Gasteiger partial charge >= 0.3 is 0 Å². The van der Waals surface area contributed by atoms with Crippen LogP contribution in [0, 0.1) is 0 Å². The van der Waals surface area contributed by atoms with Gasteiger partial charge in [-0.05, 0) is 20.3 Å². The van der Waals surface area contributed by atoms with E-state index in [1.54, 1.807) is 29.1 Å². The van der Waals surface area contributed by atoms with Gasteiger partial charge in [0.05, 0.1) is 19.3 Å². The fourth-order valence-electron chi connectivity index (χ4n) is 2.13. The van der Waals surface area contributed by atoms with Crippen molar-refractivity contribution in [1.82, 2.24) is 25.4 Å². The molecule has 0 aliphatic heterocycles. The van der Waals surface area contributed by atoms with Crippen LogP contribution in [0.4, 0.5) is 0 Å². The van der Waals surface area contributed by atoms with E-state index < -0.39 is 5.60 Å². The topological polar surface area (TPSA) is 87.4 Å². The van der Waals surface area contributed by atoms with Crippen molar-refractivity contribution in [2.45, 2.75) is 39.3 Å². The molecule has 1 unspecified atom stereocenters. The molecule has 7 nitrogen and oxygen atoms in total. The lowest BCUT2D eigenvalue weighted by Crippen LogP contribution is -2.44. The Labute approximate surface area is 170 Å². The highest BCUT2D eigenvalue weighted by Gasteiger charge is 2.24. The van der Waals surface area contributed by atoms with E-state index in [-0.39, 0.29) is 24.0 Å². The minimum atomic E-state index is -1.03.